The van der Waals surface area contributed by atoms with E-state index < -0.39 is 11.8 Å². The van der Waals surface area contributed by atoms with E-state index in [9.17, 15) is 9.18 Å². The Morgan fingerprint density at radius 1 is 1.50 bits per heavy atom. The van der Waals surface area contributed by atoms with Crippen LogP contribution >= 0.6 is 0 Å². The molecule has 96 valence electrons. The minimum absolute atomic E-state index is 0.141. The summed E-state index contributed by atoms with van der Waals surface area (Å²) in [7, 11) is 0. The topological polar surface area (TPSA) is 54.0 Å². The lowest BCUT2D eigenvalue weighted by molar-refractivity contribution is 0.252. The number of nitrogens with zero attached hydrogens (tertiary/aromatic N) is 1. The van der Waals surface area contributed by atoms with Gasteiger partial charge >= 0.3 is 6.03 Å². The molecule has 1 aliphatic carbocycles. The Bertz CT molecular complexity index is 459. The molecule has 1 aromatic rings. The van der Waals surface area contributed by atoms with Gasteiger partial charge in [-0.3, -0.25) is 4.98 Å². The van der Waals surface area contributed by atoms with Crippen molar-refractivity contribution in [3.8, 4) is 0 Å². The van der Waals surface area contributed by atoms with Crippen molar-refractivity contribution in [2.75, 3.05) is 11.9 Å². The second-order valence-electron chi connectivity index (χ2n) is 4.24. The van der Waals surface area contributed by atoms with Gasteiger partial charge in [-0.05, 0) is 31.7 Å². The van der Waals surface area contributed by atoms with E-state index in [1.54, 1.807) is 0 Å². The molecule has 0 fully saturated rings. The summed E-state index contributed by atoms with van der Waals surface area (Å²) in [5.74, 6) is -0.536. The molecule has 0 radical (unpaired) electrons. The number of hydrogen-bond acceptors (Lipinski definition) is 2. The van der Waals surface area contributed by atoms with Gasteiger partial charge in [0, 0.05) is 12.7 Å². The molecule has 4 nitrogen and oxygen atoms in total. The minimum atomic E-state index is -0.536. The van der Waals surface area contributed by atoms with Gasteiger partial charge in [0.1, 0.15) is 0 Å². The van der Waals surface area contributed by atoms with Gasteiger partial charge in [-0.1, -0.05) is 11.6 Å². The SMILES string of the molecule is O=C(NCCC1=CCCC1)Nc1ccncc1F. The molecule has 1 heterocycles. The van der Waals surface area contributed by atoms with Crippen LogP contribution in [0, 0.1) is 5.82 Å². The van der Waals surface area contributed by atoms with Gasteiger partial charge in [0.25, 0.3) is 0 Å². The van der Waals surface area contributed by atoms with Crippen LogP contribution in [-0.4, -0.2) is 17.6 Å². The molecule has 1 aliphatic rings. The molecule has 18 heavy (non-hydrogen) atoms. The maximum absolute atomic E-state index is 13.2. The fraction of sp³-hybridized carbons (Fsp3) is 0.385. The van der Waals surface area contributed by atoms with E-state index in [0.29, 0.717) is 6.54 Å². The monoisotopic (exact) mass is 249 g/mol. The summed E-state index contributed by atoms with van der Waals surface area (Å²) in [6, 6.07) is 1.03. The van der Waals surface area contributed by atoms with Crippen molar-refractivity contribution in [3.63, 3.8) is 0 Å². The number of hydrogen-bond donors (Lipinski definition) is 2. The highest BCUT2D eigenvalue weighted by Gasteiger charge is 2.07. The van der Waals surface area contributed by atoms with Crippen LogP contribution in [0.2, 0.25) is 0 Å². The average Bonchev–Trinajstić information content (AvgIpc) is 2.85. The first-order chi connectivity index (χ1) is 8.75. The van der Waals surface area contributed by atoms with E-state index in [1.165, 1.54) is 24.3 Å². The Morgan fingerprint density at radius 3 is 3.11 bits per heavy atom. The van der Waals surface area contributed by atoms with Crippen LogP contribution in [0.3, 0.4) is 0 Å². The highest BCUT2D eigenvalue weighted by Crippen LogP contribution is 2.19. The molecule has 2 amide bonds. The zero-order valence-corrected chi connectivity index (χ0v) is 10.1. The van der Waals surface area contributed by atoms with Gasteiger partial charge in [-0.25, -0.2) is 9.18 Å². The molecule has 0 unspecified atom stereocenters. The van der Waals surface area contributed by atoms with Gasteiger partial charge in [0.2, 0.25) is 0 Å². The normalized spacial score (nSPS) is 14.2. The van der Waals surface area contributed by atoms with Crippen molar-refractivity contribution in [2.24, 2.45) is 0 Å². The lowest BCUT2D eigenvalue weighted by Gasteiger charge is -2.08. The summed E-state index contributed by atoms with van der Waals surface area (Å²) in [5.41, 5.74) is 1.54. The van der Waals surface area contributed by atoms with Gasteiger partial charge in [-0.15, -0.1) is 0 Å². The Hall–Kier alpha value is -1.91. The molecule has 0 bridgehead atoms. The number of carbonyl (C=O) groups excluding carboxylic acids is 1. The van der Waals surface area contributed by atoms with Gasteiger partial charge in [0.05, 0.1) is 11.9 Å². The number of anilines is 1. The number of rotatable bonds is 4. The van der Waals surface area contributed by atoms with Crippen LogP contribution in [0.5, 0.6) is 0 Å². The van der Waals surface area contributed by atoms with E-state index in [-0.39, 0.29) is 5.69 Å². The van der Waals surface area contributed by atoms with Crippen LogP contribution in [0.25, 0.3) is 0 Å². The first-order valence-corrected chi connectivity index (χ1v) is 6.08. The highest BCUT2D eigenvalue weighted by atomic mass is 19.1. The molecule has 1 aromatic heterocycles. The molecule has 0 aliphatic heterocycles. The van der Waals surface area contributed by atoms with E-state index in [1.807, 2.05) is 0 Å². The van der Waals surface area contributed by atoms with Crippen LogP contribution < -0.4 is 10.6 Å². The molecule has 0 spiro atoms. The summed E-state index contributed by atoms with van der Waals surface area (Å²) in [5, 5.41) is 5.16. The molecule has 0 saturated heterocycles. The van der Waals surface area contributed by atoms with Gasteiger partial charge in [-0.2, -0.15) is 0 Å². The summed E-state index contributed by atoms with van der Waals surface area (Å²) in [6.45, 7) is 0.574. The second kappa shape index (κ2) is 6.14. The van der Waals surface area contributed by atoms with E-state index >= 15 is 0 Å². The molecule has 5 heteroatoms. The summed E-state index contributed by atoms with van der Waals surface area (Å²) < 4.78 is 13.2. The predicted octanol–water partition coefficient (Wildman–Crippen LogP) is 2.84. The van der Waals surface area contributed by atoms with Crippen molar-refractivity contribution < 1.29 is 9.18 Å². The number of allylic oxidation sites excluding steroid dienone is 1. The molecule has 0 atom stereocenters. The third kappa shape index (κ3) is 3.55. The maximum Gasteiger partial charge on any atom is 0.319 e. The molecule has 2 N–H and O–H groups in total. The largest absolute Gasteiger partial charge is 0.338 e. The number of amides is 2. The van der Waals surface area contributed by atoms with Gasteiger partial charge < -0.3 is 10.6 Å². The molecule has 0 aromatic carbocycles. The van der Waals surface area contributed by atoms with Crippen molar-refractivity contribution in [3.05, 3.63) is 35.9 Å². The number of aromatic nitrogens is 1. The number of pyridine rings is 1. The van der Waals surface area contributed by atoms with Crippen molar-refractivity contribution in [2.45, 2.75) is 25.7 Å². The Balaban J connectivity index is 1.73. The first-order valence-electron chi connectivity index (χ1n) is 6.08. The van der Waals surface area contributed by atoms with Crippen molar-refractivity contribution in [1.82, 2.24) is 10.3 Å². The second-order valence-corrected chi connectivity index (χ2v) is 4.24. The molecule has 2 rings (SSSR count). The van der Waals surface area contributed by atoms with Gasteiger partial charge in [0.15, 0.2) is 5.82 Å². The van der Waals surface area contributed by atoms with E-state index in [0.717, 1.165) is 25.5 Å². The predicted molar refractivity (Wildman–Crippen MR) is 67.8 cm³/mol. The van der Waals surface area contributed by atoms with Crippen molar-refractivity contribution >= 4 is 11.7 Å². The number of urea groups is 1. The van der Waals surface area contributed by atoms with E-state index in [4.69, 9.17) is 0 Å². The first kappa shape index (κ1) is 12.5. The Kier molecular flexibility index (Phi) is 4.28. The van der Waals surface area contributed by atoms with Crippen LogP contribution in [0.4, 0.5) is 14.9 Å². The number of halogens is 1. The van der Waals surface area contributed by atoms with Crippen LogP contribution in [-0.2, 0) is 0 Å². The van der Waals surface area contributed by atoms with Crippen LogP contribution in [0.1, 0.15) is 25.7 Å². The number of nitrogens with one attached hydrogen (secondary N) is 2. The maximum atomic E-state index is 13.2. The highest BCUT2D eigenvalue weighted by molar-refractivity contribution is 5.89. The minimum Gasteiger partial charge on any atom is -0.338 e. The summed E-state index contributed by atoms with van der Waals surface area (Å²) >= 11 is 0. The smallest absolute Gasteiger partial charge is 0.319 e. The quantitative estimate of drug-likeness (QED) is 0.806. The molecule has 0 saturated carbocycles. The third-order valence-corrected chi connectivity index (χ3v) is 2.89. The Labute approximate surface area is 105 Å². The average molecular weight is 249 g/mol. The summed E-state index contributed by atoms with van der Waals surface area (Å²) in [6.07, 6.45) is 9.07. The van der Waals surface area contributed by atoms with E-state index in [2.05, 4.69) is 21.7 Å². The Morgan fingerprint density at radius 2 is 2.39 bits per heavy atom. The number of carbonyl (C=O) groups is 1. The van der Waals surface area contributed by atoms with Crippen LogP contribution in [0.15, 0.2) is 30.1 Å². The lowest BCUT2D eigenvalue weighted by atomic mass is 10.2. The molecular formula is C13H16FN3O. The standard InChI is InChI=1S/C13H16FN3O/c14-11-9-15-7-6-12(11)17-13(18)16-8-5-10-3-1-2-4-10/h3,6-7,9H,1-2,4-5,8H2,(H2,15,16,17,18). The zero-order chi connectivity index (χ0) is 12.8. The molecular weight excluding hydrogens is 233 g/mol. The fourth-order valence-corrected chi connectivity index (χ4v) is 1.94. The lowest BCUT2D eigenvalue weighted by Crippen LogP contribution is -2.30. The van der Waals surface area contributed by atoms with Crippen molar-refractivity contribution in [1.29, 1.82) is 0 Å². The summed E-state index contributed by atoms with van der Waals surface area (Å²) in [4.78, 5) is 15.1. The fourth-order valence-electron chi connectivity index (χ4n) is 1.94. The third-order valence-electron chi connectivity index (χ3n) is 2.89. The zero-order valence-electron chi connectivity index (χ0n) is 10.1.